The molecular weight excluding hydrogens is 374 g/mol. The fraction of sp³-hybridized carbons (Fsp3) is 0.444. The van der Waals surface area contributed by atoms with Gasteiger partial charge in [0.2, 0.25) is 7.51 Å². The van der Waals surface area contributed by atoms with Crippen LogP contribution in [-0.4, -0.2) is 36.1 Å². The maximum Gasteiger partial charge on any atom is 0.213 e. The smallest absolute Gasteiger partial charge is 0.213 e. The molecule has 0 saturated heterocycles. The molecule has 1 aliphatic heterocycles. The van der Waals surface area contributed by atoms with Crippen molar-refractivity contribution in [3.63, 3.8) is 0 Å². The molecule has 0 unspecified atom stereocenters. The van der Waals surface area contributed by atoms with Gasteiger partial charge in [0.1, 0.15) is 0 Å². The van der Waals surface area contributed by atoms with Gasteiger partial charge in [-0.25, -0.2) is 4.67 Å². The van der Waals surface area contributed by atoms with Gasteiger partial charge in [-0.1, -0.05) is 38.1 Å². The SMILES string of the molecule is CC(C)CN=P1(N(CCCl)CCCl)Nc2cccc3cccc(c23)N1. The van der Waals surface area contributed by atoms with Crippen LogP contribution >= 0.6 is 30.7 Å². The molecule has 0 bridgehead atoms. The second kappa shape index (κ2) is 8.18. The van der Waals surface area contributed by atoms with Gasteiger partial charge in [-0.15, -0.1) is 23.2 Å². The standard InChI is InChI=1S/C18H25Cl2N4P/c1-14(2)13-21-25(24(11-9-19)12-10-20)22-16-7-3-5-15-6-4-8-17(23-25)18(15)16/h3-8,14,22-23H,9-13H2,1-2H3. The molecule has 7 heteroatoms. The third kappa shape index (κ3) is 3.93. The van der Waals surface area contributed by atoms with E-state index in [4.69, 9.17) is 27.9 Å². The summed E-state index contributed by atoms with van der Waals surface area (Å²) in [6, 6.07) is 12.7. The Balaban J connectivity index is 2.12. The third-order valence-electron chi connectivity index (χ3n) is 4.20. The summed E-state index contributed by atoms with van der Waals surface area (Å²) in [5, 5.41) is 9.92. The average molecular weight is 399 g/mol. The lowest BCUT2D eigenvalue weighted by Crippen LogP contribution is -2.33. The molecule has 0 aromatic heterocycles. The molecule has 25 heavy (non-hydrogen) atoms. The van der Waals surface area contributed by atoms with Crippen LogP contribution < -0.4 is 10.2 Å². The predicted molar refractivity (Wildman–Crippen MR) is 113 cm³/mol. The third-order valence-corrected chi connectivity index (χ3v) is 7.44. The zero-order valence-electron chi connectivity index (χ0n) is 14.7. The van der Waals surface area contributed by atoms with Gasteiger partial charge in [-0.05, 0) is 23.4 Å². The topological polar surface area (TPSA) is 39.7 Å². The van der Waals surface area contributed by atoms with E-state index in [0.717, 1.165) is 31.0 Å². The molecule has 2 aromatic carbocycles. The van der Waals surface area contributed by atoms with Crippen molar-refractivity contribution < 1.29 is 0 Å². The van der Waals surface area contributed by atoms with Crippen LogP contribution in [0.15, 0.2) is 41.1 Å². The molecule has 0 spiro atoms. The lowest BCUT2D eigenvalue weighted by Gasteiger charge is -2.41. The number of halogens is 2. The highest BCUT2D eigenvalue weighted by Crippen LogP contribution is 2.57. The van der Waals surface area contributed by atoms with E-state index in [0.29, 0.717) is 17.7 Å². The first-order chi connectivity index (χ1) is 12.1. The number of nitrogens with one attached hydrogen (secondary N) is 2. The Labute approximate surface area is 160 Å². The fourth-order valence-electron chi connectivity index (χ4n) is 3.07. The van der Waals surface area contributed by atoms with Crippen molar-refractivity contribution in [3.05, 3.63) is 36.4 Å². The maximum absolute atomic E-state index is 6.09. The van der Waals surface area contributed by atoms with Crippen molar-refractivity contribution in [2.24, 2.45) is 10.7 Å². The van der Waals surface area contributed by atoms with Crippen LogP contribution in [0.5, 0.6) is 0 Å². The lowest BCUT2D eigenvalue weighted by atomic mass is 10.1. The minimum Gasteiger partial charge on any atom is -0.324 e. The second-order valence-corrected chi connectivity index (χ2v) is 9.84. The fourth-order valence-corrected chi connectivity index (χ4v) is 6.76. The van der Waals surface area contributed by atoms with Crippen LogP contribution in [-0.2, 0) is 0 Å². The molecule has 2 aromatic rings. The average Bonchev–Trinajstić information content (AvgIpc) is 2.60. The van der Waals surface area contributed by atoms with Crippen molar-refractivity contribution in [1.82, 2.24) is 4.67 Å². The molecule has 0 amide bonds. The zero-order valence-corrected chi connectivity index (χ0v) is 17.1. The van der Waals surface area contributed by atoms with Crippen LogP contribution in [0.25, 0.3) is 10.8 Å². The molecule has 136 valence electrons. The van der Waals surface area contributed by atoms with Crippen molar-refractivity contribution in [3.8, 4) is 0 Å². The molecule has 3 rings (SSSR count). The summed E-state index contributed by atoms with van der Waals surface area (Å²) in [7, 11) is -2.19. The van der Waals surface area contributed by atoms with Crippen LogP contribution in [0, 0.1) is 5.92 Å². The highest BCUT2D eigenvalue weighted by molar-refractivity contribution is 7.67. The van der Waals surface area contributed by atoms with E-state index < -0.39 is 7.51 Å². The summed E-state index contributed by atoms with van der Waals surface area (Å²) in [4.78, 5) is 0. The predicted octanol–water partition coefficient (Wildman–Crippen LogP) is 6.06. The van der Waals surface area contributed by atoms with Gasteiger partial charge < -0.3 is 10.2 Å². The molecule has 0 atom stereocenters. The van der Waals surface area contributed by atoms with Crippen LogP contribution in [0.3, 0.4) is 0 Å². The minimum atomic E-state index is -2.19. The summed E-state index contributed by atoms with van der Waals surface area (Å²) in [6.07, 6.45) is 0. The second-order valence-electron chi connectivity index (χ2n) is 6.58. The van der Waals surface area contributed by atoms with Gasteiger partial charge in [-0.2, -0.15) is 0 Å². The number of anilines is 2. The minimum absolute atomic E-state index is 0.488. The Morgan fingerprint density at radius 3 is 2.04 bits per heavy atom. The maximum atomic E-state index is 6.09. The molecule has 0 radical (unpaired) electrons. The highest BCUT2D eigenvalue weighted by atomic mass is 35.5. The summed E-state index contributed by atoms with van der Waals surface area (Å²) < 4.78 is 7.43. The summed E-state index contributed by atoms with van der Waals surface area (Å²) in [6.45, 7) is 6.63. The number of alkyl halides is 2. The summed E-state index contributed by atoms with van der Waals surface area (Å²) in [5.41, 5.74) is 2.25. The highest BCUT2D eigenvalue weighted by Gasteiger charge is 2.32. The van der Waals surface area contributed by atoms with Gasteiger partial charge in [-0.3, -0.25) is 4.74 Å². The molecule has 0 aliphatic carbocycles. The van der Waals surface area contributed by atoms with Gasteiger partial charge in [0.25, 0.3) is 0 Å². The Hall–Kier alpha value is -0.930. The monoisotopic (exact) mass is 398 g/mol. The molecule has 1 heterocycles. The number of hydrogen-bond donors (Lipinski definition) is 2. The molecule has 2 N–H and O–H groups in total. The van der Waals surface area contributed by atoms with E-state index >= 15 is 0 Å². The van der Waals surface area contributed by atoms with E-state index in [1.54, 1.807) is 0 Å². The first-order valence-corrected chi connectivity index (χ1v) is 11.4. The Morgan fingerprint density at radius 2 is 1.56 bits per heavy atom. The van der Waals surface area contributed by atoms with Crippen molar-refractivity contribution in [1.29, 1.82) is 0 Å². The van der Waals surface area contributed by atoms with Crippen LogP contribution in [0.2, 0.25) is 0 Å². The molecule has 1 aliphatic rings. The number of nitrogens with zero attached hydrogens (tertiary/aromatic N) is 2. The molecule has 0 saturated carbocycles. The summed E-state index contributed by atoms with van der Waals surface area (Å²) in [5.74, 6) is 1.58. The largest absolute Gasteiger partial charge is 0.324 e. The summed E-state index contributed by atoms with van der Waals surface area (Å²) >= 11 is 12.2. The zero-order chi connectivity index (χ0) is 17.9. The van der Waals surface area contributed by atoms with E-state index in [1.165, 1.54) is 10.8 Å². The van der Waals surface area contributed by atoms with Crippen LogP contribution in [0.4, 0.5) is 11.4 Å². The van der Waals surface area contributed by atoms with Crippen LogP contribution in [0.1, 0.15) is 13.8 Å². The Morgan fingerprint density at radius 1 is 1.00 bits per heavy atom. The lowest BCUT2D eigenvalue weighted by molar-refractivity contribution is 0.506. The Bertz CT molecular complexity index is 743. The first-order valence-electron chi connectivity index (χ1n) is 8.63. The van der Waals surface area contributed by atoms with E-state index in [1.807, 2.05) is 0 Å². The molecule has 0 fully saturated rings. The van der Waals surface area contributed by atoms with Gasteiger partial charge in [0.15, 0.2) is 0 Å². The first kappa shape index (κ1) is 18.8. The quantitative estimate of drug-likeness (QED) is 0.439. The number of rotatable bonds is 7. The normalized spacial score (nSPS) is 15.3. The van der Waals surface area contributed by atoms with Crippen molar-refractivity contribution >= 4 is 52.9 Å². The number of hydrogen-bond acceptors (Lipinski definition) is 1. The Kier molecular flexibility index (Phi) is 6.17. The van der Waals surface area contributed by atoms with E-state index in [-0.39, 0.29) is 0 Å². The van der Waals surface area contributed by atoms with Crippen molar-refractivity contribution in [2.75, 3.05) is 41.6 Å². The van der Waals surface area contributed by atoms with Gasteiger partial charge >= 0.3 is 0 Å². The molecular formula is C18H25Cl2N4P. The van der Waals surface area contributed by atoms with E-state index in [9.17, 15) is 0 Å². The van der Waals surface area contributed by atoms with E-state index in [2.05, 4.69) is 65.1 Å². The number of benzene rings is 2. The van der Waals surface area contributed by atoms with Gasteiger partial charge in [0.05, 0.1) is 11.4 Å². The van der Waals surface area contributed by atoms with Gasteiger partial charge in [0, 0.05) is 36.8 Å². The van der Waals surface area contributed by atoms with Crippen molar-refractivity contribution in [2.45, 2.75) is 13.8 Å². The molecule has 4 nitrogen and oxygen atoms in total.